The second-order valence-corrected chi connectivity index (χ2v) is 6.72. The SMILES string of the molecule is Cc1ccc(/C=C2/SC(=O)N(CNc3ccccc3Br)C2=O)o1. The van der Waals surface area contributed by atoms with Crippen molar-refractivity contribution in [2.75, 3.05) is 12.0 Å². The van der Waals surface area contributed by atoms with Gasteiger partial charge in [-0.15, -0.1) is 0 Å². The molecule has 1 N–H and O–H groups in total. The standard InChI is InChI=1S/C16H13BrN2O3S/c1-10-6-7-11(22-10)8-14-15(20)19(16(21)23-14)9-18-13-5-3-2-4-12(13)17/h2-8,18H,9H2,1H3/b14-8+. The Kier molecular flexibility index (Phi) is 4.58. The van der Waals surface area contributed by atoms with Crippen LogP contribution >= 0.6 is 27.7 Å². The summed E-state index contributed by atoms with van der Waals surface area (Å²) in [6, 6.07) is 11.1. The highest BCUT2D eigenvalue weighted by Gasteiger charge is 2.35. The number of halogens is 1. The molecule has 0 radical (unpaired) electrons. The van der Waals surface area contributed by atoms with Crippen LogP contribution < -0.4 is 5.32 Å². The van der Waals surface area contributed by atoms with Crippen molar-refractivity contribution in [1.82, 2.24) is 4.90 Å². The third-order valence-electron chi connectivity index (χ3n) is 3.21. The van der Waals surface area contributed by atoms with Gasteiger partial charge in [-0.1, -0.05) is 12.1 Å². The van der Waals surface area contributed by atoms with Gasteiger partial charge in [-0.25, -0.2) is 0 Å². The molecule has 23 heavy (non-hydrogen) atoms. The molecule has 2 aromatic rings. The molecular formula is C16H13BrN2O3S. The van der Waals surface area contributed by atoms with Crippen molar-refractivity contribution in [2.24, 2.45) is 0 Å². The van der Waals surface area contributed by atoms with Crippen molar-refractivity contribution in [3.8, 4) is 0 Å². The van der Waals surface area contributed by atoms with Gasteiger partial charge in [-0.05, 0) is 58.9 Å². The molecule has 3 rings (SSSR count). The van der Waals surface area contributed by atoms with Crippen molar-refractivity contribution < 1.29 is 14.0 Å². The number of nitrogens with one attached hydrogen (secondary N) is 1. The van der Waals surface area contributed by atoms with Gasteiger partial charge in [0.25, 0.3) is 11.1 Å². The van der Waals surface area contributed by atoms with Gasteiger partial charge >= 0.3 is 0 Å². The summed E-state index contributed by atoms with van der Waals surface area (Å²) in [6.07, 6.45) is 1.59. The summed E-state index contributed by atoms with van der Waals surface area (Å²) < 4.78 is 6.28. The molecule has 1 aromatic carbocycles. The highest BCUT2D eigenvalue weighted by atomic mass is 79.9. The molecule has 2 amide bonds. The van der Waals surface area contributed by atoms with E-state index < -0.39 is 0 Å². The first-order valence-corrected chi connectivity index (χ1v) is 8.46. The topological polar surface area (TPSA) is 62.6 Å². The van der Waals surface area contributed by atoms with E-state index in [0.29, 0.717) is 10.7 Å². The van der Waals surface area contributed by atoms with E-state index in [2.05, 4.69) is 21.2 Å². The minimum atomic E-state index is -0.325. The number of carbonyl (C=O) groups excluding carboxylic acids is 2. The summed E-state index contributed by atoms with van der Waals surface area (Å²) in [5.74, 6) is 0.992. The lowest BCUT2D eigenvalue weighted by atomic mass is 10.3. The Labute approximate surface area is 145 Å². The van der Waals surface area contributed by atoms with Gasteiger partial charge in [0, 0.05) is 16.2 Å². The summed E-state index contributed by atoms with van der Waals surface area (Å²) in [4.78, 5) is 25.9. The van der Waals surface area contributed by atoms with Crippen molar-refractivity contribution in [1.29, 1.82) is 0 Å². The molecule has 5 nitrogen and oxygen atoms in total. The summed E-state index contributed by atoms with van der Waals surface area (Å²) in [5.41, 5.74) is 0.817. The Morgan fingerprint density at radius 1 is 1.26 bits per heavy atom. The van der Waals surface area contributed by atoms with Gasteiger partial charge in [0.15, 0.2) is 0 Å². The fourth-order valence-corrected chi connectivity index (χ4v) is 3.31. The van der Waals surface area contributed by atoms with Crippen LogP contribution in [0.2, 0.25) is 0 Å². The van der Waals surface area contributed by atoms with Crippen LogP contribution in [0.15, 0.2) is 50.2 Å². The van der Waals surface area contributed by atoms with Crippen LogP contribution in [0.5, 0.6) is 0 Å². The number of hydrogen-bond acceptors (Lipinski definition) is 5. The second kappa shape index (κ2) is 6.64. The summed E-state index contributed by atoms with van der Waals surface area (Å²) in [5, 5.41) is 2.78. The van der Waals surface area contributed by atoms with Crippen molar-refractivity contribution in [3.63, 3.8) is 0 Å². The van der Waals surface area contributed by atoms with Crippen molar-refractivity contribution in [2.45, 2.75) is 6.92 Å². The zero-order valence-corrected chi connectivity index (χ0v) is 14.6. The second-order valence-electron chi connectivity index (χ2n) is 4.87. The van der Waals surface area contributed by atoms with E-state index in [-0.39, 0.29) is 17.8 Å². The van der Waals surface area contributed by atoms with Gasteiger partial charge in [-0.2, -0.15) is 0 Å². The van der Waals surface area contributed by atoms with E-state index in [4.69, 9.17) is 4.42 Å². The Balaban J connectivity index is 1.72. The molecule has 0 aliphatic carbocycles. The maximum Gasteiger partial charge on any atom is 0.295 e. The van der Waals surface area contributed by atoms with Gasteiger partial charge in [0.1, 0.15) is 11.5 Å². The third-order valence-corrected chi connectivity index (χ3v) is 4.81. The first kappa shape index (κ1) is 15.9. The Morgan fingerprint density at radius 2 is 2.04 bits per heavy atom. The van der Waals surface area contributed by atoms with Crippen LogP contribution in [-0.4, -0.2) is 22.7 Å². The van der Waals surface area contributed by atoms with E-state index in [1.165, 1.54) is 4.90 Å². The molecule has 1 aromatic heterocycles. The predicted octanol–water partition coefficient (Wildman–Crippen LogP) is 4.46. The number of thioether (sulfide) groups is 1. The van der Waals surface area contributed by atoms with Crippen LogP contribution in [0.25, 0.3) is 6.08 Å². The molecule has 2 heterocycles. The van der Waals surface area contributed by atoms with E-state index in [0.717, 1.165) is 27.7 Å². The summed E-state index contributed by atoms with van der Waals surface area (Å²) >= 11 is 4.33. The van der Waals surface area contributed by atoms with Gasteiger partial charge in [0.05, 0.1) is 11.6 Å². The van der Waals surface area contributed by atoms with Crippen LogP contribution in [0, 0.1) is 6.92 Å². The number of para-hydroxylation sites is 1. The largest absolute Gasteiger partial charge is 0.462 e. The fraction of sp³-hybridized carbons (Fsp3) is 0.125. The molecule has 7 heteroatoms. The number of carbonyl (C=O) groups is 2. The van der Waals surface area contributed by atoms with Gasteiger partial charge in [0.2, 0.25) is 0 Å². The Morgan fingerprint density at radius 3 is 2.74 bits per heavy atom. The number of aryl methyl sites for hydroxylation is 1. The summed E-state index contributed by atoms with van der Waals surface area (Å²) in [6.45, 7) is 1.94. The number of benzene rings is 1. The minimum absolute atomic E-state index is 0.113. The molecular weight excluding hydrogens is 380 g/mol. The zero-order valence-electron chi connectivity index (χ0n) is 12.2. The summed E-state index contributed by atoms with van der Waals surface area (Å²) in [7, 11) is 0. The number of nitrogens with zero attached hydrogens (tertiary/aromatic N) is 1. The molecule has 0 unspecified atom stereocenters. The van der Waals surface area contributed by atoms with E-state index in [1.54, 1.807) is 12.1 Å². The van der Waals surface area contributed by atoms with Crippen molar-refractivity contribution in [3.05, 3.63) is 57.3 Å². The monoisotopic (exact) mass is 392 g/mol. The van der Waals surface area contributed by atoms with E-state index in [9.17, 15) is 9.59 Å². The lowest BCUT2D eigenvalue weighted by Gasteiger charge is -2.15. The van der Waals surface area contributed by atoms with Crippen LogP contribution in [-0.2, 0) is 4.79 Å². The molecule has 1 fully saturated rings. The van der Waals surface area contributed by atoms with Gasteiger partial charge in [-0.3, -0.25) is 14.5 Å². The van der Waals surface area contributed by atoms with Crippen LogP contribution in [0.4, 0.5) is 10.5 Å². The lowest BCUT2D eigenvalue weighted by Crippen LogP contribution is -2.33. The highest BCUT2D eigenvalue weighted by Crippen LogP contribution is 2.32. The third kappa shape index (κ3) is 3.51. The number of rotatable bonds is 4. The number of hydrogen-bond donors (Lipinski definition) is 1. The number of amides is 2. The highest BCUT2D eigenvalue weighted by molar-refractivity contribution is 9.10. The maximum atomic E-state index is 12.4. The van der Waals surface area contributed by atoms with Crippen LogP contribution in [0.3, 0.4) is 0 Å². The zero-order chi connectivity index (χ0) is 16.4. The maximum absolute atomic E-state index is 12.4. The number of furan rings is 1. The first-order valence-electron chi connectivity index (χ1n) is 6.85. The molecule has 0 bridgehead atoms. The average Bonchev–Trinajstić information content (AvgIpc) is 3.04. The van der Waals surface area contributed by atoms with E-state index in [1.807, 2.05) is 37.3 Å². The molecule has 0 spiro atoms. The van der Waals surface area contributed by atoms with Crippen molar-refractivity contribution >= 4 is 50.6 Å². The normalized spacial score (nSPS) is 16.4. The quantitative estimate of drug-likeness (QED) is 0.778. The molecule has 0 saturated carbocycles. The molecule has 1 aliphatic heterocycles. The molecule has 1 aliphatic rings. The van der Waals surface area contributed by atoms with Crippen LogP contribution in [0.1, 0.15) is 11.5 Å². The number of anilines is 1. The molecule has 118 valence electrons. The Bertz CT molecular complexity index is 800. The molecule has 0 atom stereocenters. The van der Waals surface area contributed by atoms with E-state index >= 15 is 0 Å². The minimum Gasteiger partial charge on any atom is -0.462 e. The molecule has 1 saturated heterocycles. The fourth-order valence-electron chi connectivity index (χ4n) is 2.07. The smallest absolute Gasteiger partial charge is 0.295 e. The number of imide groups is 1. The lowest BCUT2D eigenvalue weighted by molar-refractivity contribution is -0.122. The van der Waals surface area contributed by atoms with Gasteiger partial charge < -0.3 is 9.73 Å². The predicted molar refractivity (Wildman–Crippen MR) is 93.9 cm³/mol. The Hall–Kier alpha value is -1.99. The average molecular weight is 393 g/mol. The first-order chi connectivity index (χ1) is 11.0.